The van der Waals surface area contributed by atoms with E-state index in [-0.39, 0.29) is 17.4 Å². The van der Waals surface area contributed by atoms with Crippen molar-refractivity contribution in [1.29, 1.82) is 0 Å². The molecule has 1 aliphatic heterocycles. The van der Waals surface area contributed by atoms with Crippen LogP contribution in [-0.2, 0) is 4.79 Å². The van der Waals surface area contributed by atoms with E-state index in [2.05, 4.69) is 10.6 Å². The summed E-state index contributed by atoms with van der Waals surface area (Å²) in [5.74, 6) is 0.893. The summed E-state index contributed by atoms with van der Waals surface area (Å²) in [6.07, 6.45) is 5.55. The van der Waals surface area contributed by atoms with Crippen molar-refractivity contribution in [3.63, 3.8) is 0 Å². The van der Waals surface area contributed by atoms with Crippen molar-refractivity contribution < 1.29 is 9.53 Å². The second kappa shape index (κ2) is 5.58. The highest BCUT2D eigenvalue weighted by Crippen LogP contribution is 2.43. The molecule has 1 aromatic carbocycles. The zero-order chi connectivity index (χ0) is 14.9. The number of amides is 1. The summed E-state index contributed by atoms with van der Waals surface area (Å²) >= 11 is 0. The minimum absolute atomic E-state index is 0.0836. The topological polar surface area (TPSA) is 50.4 Å². The van der Waals surface area contributed by atoms with Gasteiger partial charge >= 0.3 is 0 Å². The van der Waals surface area contributed by atoms with Gasteiger partial charge in [-0.3, -0.25) is 4.79 Å². The maximum absolute atomic E-state index is 12.8. The summed E-state index contributed by atoms with van der Waals surface area (Å²) < 4.78 is 5.84. The van der Waals surface area contributed by atoms with Crippen molar-refractivity contribution in [3.05, 3.63) is 18.2 Å². The van der Waals surface area contributed by atoms with Crippen LogP contribution >= 0.6 is 0 Å². The summed E-state index contributed by atoms with van der Waals surface area (Å²) in [4.78, 5) is 12.8. The van der Waals surface area contributed by atoms with Crippen LogP contribution in [0, 0.1) is 5.41 Å². The number of rotatable bonds is 2. The molecular weight excluding hydrogens is 264 g/mol. The molecule has 1 spiro atoms. The van der Waals surface area contributed by atoms with Gasteiger partial charge < -0.3 is 15.4 Å². The van der Waals surface area contributed by atoms with E-state index in [0.29, 0.717) is 0 Å². The Morgan fingerprint density at radius 2 is 1.95 bits per heavy atom. The highest BCUT2D eigenvalue weighted by Gasteiger charge is 2.41. The zero-order valence-corrected chi connectivity index (χ0v) is 12.9. The summed E-state index contributed by atoms with van der Waals surface area (Å²) in [5.41, 5.74) is 1.49. The van der Waals surface area contributed by atoms with Gasteiger partial charge in [-0.15, -0.1) is 0 Å². The van der Waals surface area contributed by atoms with E-state index >= 15 is 0 Å². The Hall–Kier alpha value is -1.71. The number of fused-ring (bicyclic) bond motifs is 1. The first-order valence-corrected chi connectivity index (χ1v) is 7.96. The van der Waals surface area contributed by atoms with E-state index < -0.39 is 0 Å². The number of carbonyl (C=O) groups excluding carboxylic acids is 1. The van der Waals surface area contributed by atoms with Crippen molar-refractivity contribution >= 4 is 17.3 Å². The van der Waals surface area contributed by atoms with Crippen LogP contribution in [0.2, 0.25) is 0 Å². The van der Waals surface area contributed by atoms with Crippen LogP contribution in [0.1, 0.15) is 46.0 Å². The molecule has 1 aliphatic carbocycles. The number of ether oxygens (including phenoxy) is 1. The number of hydrogen-bond acceptors (Lipinski definition) is 3. The lowest BCUT2D eigenvalue weighted by molar-refractivity contribution is -0.126. The molecule has 1 saturated carbocycles. The minimum Gasteiger partial charge on any atom is -0.489 e. The molecule has 1 amide bonds. The monoisotopic (exact) mass is 288 g/mol. The molecule has 21 heavy (non-hydrogen) atoms. The normalized spacial score (nSPS) is 20.4. The fourth-order valence-electron chi connectivity index (χ4n) is 3.38. The predicted octanol–water partition coefficient (Wildman–Crippen LogP) is 3.79. The molecule has 1 aromatic rings. The Bertz CT molecular complexity index is 534. The third-order valence-corrected chi connectivity index (χ3v) is 4.54. The second-order valence-corrected chi connectivity index (χ2v) is 6.49. The molecule has 4 nitrogen and oxygen atoms in total. The van der Waals surface area contributed by atoms with Gasteiger partial charge in [0.1, 0.15) is 11.4 Å². The van der Waals surface area contributed by atoms with Gasteiger partial charge in [-0.25, -0.2) is 0 Å². The molecule has 4 heteroatoms. The standard InChI is InChI=1S/C17H24N2O2/c1-12(2)21-14-8-6-7-13-15(14)19-16(20)17(11-18-13)9-4-3-5-10-17/h6-8,12,18H,3-5,9-11H2,1-2H3,(H,19,20). The van der Waals surface area contributed by atoms with Crippen molar-refractivity contribution in [2.45, 2.75) is 52.1 Å². The van der Waals surface area contributed by atoms with E-state index in [1.54, 1.807) is 0 Å². The van der Waals surface area contributed by atoms with Crippen LogP contribution in [0.4, 0.5) is 11.4 Å². The summed E-state index contributed by atoms with van der Waals surface area (Å²) in [5, 5.41) is 6.60. The number of carbonyl (C=O) groups is 1. The molecule has 0 bridgehead atoms. The number of anilines is 2. The Morgan fingerprint density at radius 3 is 2.67 bits per heavy atom. The molecule has 1 fully saturated rings. The van der Waals surface area contributed by atoms with Crippen LogP contribution in [-0.4, -0.2) is 18.6 Å². The average Bonchev–Trinajstić information content (AvgIpc) is 2.59. The molecule has 1 heterocycles. The van der Waals surface area contributed by atoms with Gasteiger partial charge in [-0.2, -0.15) is 0 Å². The molecule has 2 N–H and O–H groups in total. The highest BCUT2D eigenvalue weighted by molar-refractivity contribution is 6.01. The van der Waals surface area contributed by atoms with Crippen molar-refractivity contribution in [3.8, 4) is 5.75 Å². The molecule has 3 rings (SSSR count). The molecule has 0 radical (unpaired) electrons. The first kappa shape index (κ1) is 14.2. The quantitative estimate of drug-likeness (QED) is 0.870. The maximum Gasteiger partial charge on any atom is 0.232 e. The van der Waals surface area contributed by atoms with E-state index in [1.165, 1.54) is 6.42 Å². The molecule has 0 aromatic heterocycles. The lowest BCUT2D eigenvalue weighted by Gasteiger charge is -2.34. The van der Waals surface area contributed by atoms with E-state index in [1.807, 2.05) is 32.0 Å². The van der Waals surface area contributed by atoms with Crippen LogP contribution in [0.15, 0.2) is 18.2 Å². The van der Waals surface area contributed by atoms with E-state index in [9.17, 15) is 4.79 Å². The molecule has 0 saturated heterocycles. The number of nitrogens with one attached hydrogen (secondary N) is 2. The molecule has 0 atom stereocenters. The van der Waals surface area contributed by atoms with Gasteiger partial charge in [0.25, 0.3) is 0 Å². The van der Waals surface area contributed by atoms with E-state index in [4.69, 9.17) is 4.74 Å². The SMILES string of the molecule is CC(C)Oc1cccc2c1NC(=O)C1(CCCCC1)CN2. The van der Waals surface area contributed by atoms with Gasteiger partial charge in [-0.05, 0) is 38.8 Å². The fraction of sp³-hybridized carbons (Fsp3) is 0.588. The van der Waals surface area contributed by atoms with Crippen LogP contribution in [0.25, 0.3) is 0 Å². The van der Waals surface area contributed by atoms with Gasteiger partial charge in [0.2, 0.25) is 5.91 Å². The Kier molecular flexibility index (Phi) is 3.79. The number of para-hydroxylation sites is 1. The third-order valence-electron chi connectivity index (χ3n) is 4.54. The van der Waals surface area contributed by atoms with E-state index in [0.717, 1.165) is 49.4 Å². The lowest BCUT2D eigenvalue weighted by atomic mass is 9.73. The van der Waals surface area contributed by atoms with Crippen LogP contribution < -0.4 is 15.4 Å². The smallest absolute Gasteiger partial charge is 0.232 e. The van der Waals surface area contributed by atoms with Crippen LogP contribution in [0.3, 0.4) is 0 Å². The first-order chi connectivity index (χ1) is 10.1. The highest BCUT2D eigenvalue weighted by atomic mass is 16.5. The van der Waals surface area contributed by atoms with Crippen LogP contribution in [0.5, 0.6) is 5.75 Å². The molecule has 0 unspecified atom stereocenters. The Labute approximate surface area is 126 Å². The summed E-state index contributed by atoms with van der Waals surface area (Å²) in [6, 6.07) is 5.89. The number of benzene rings is 1. The summed E-state index contributed by atoms with van der Waals surface area (Å²) in [6.45, 7) is 4.71. The van der Waals surface area contributed by atoms with Crippen molar-refractivity contribution in [2.24, 2.45) is 5.41 Å². The lowest BCUT2D eigenvalue weighted by Crippen LogP contribution is -2.41. The third kappa shape index (κ3) is 2.71. The van der Waals surface area contributed by atoms with Gasteiger partial charge in [-0.1, -0.05) is 25.3 Å². The van der Waals surface area contributed by atoms with Gasteiger partial charge in [0.05, 0.1) is 17.2 Å². The minimum atomic E-state index is -0.258. The Balaban J connectivity index is 1.91. The predicted molar refractivity (Wildman–Crippen MR) is 84.8 cm³/mol. The summed E-state index contributed by atoms with van der Waals surface area (Å²) in [7, 11) is 0. The van der Waals surface area contributed by atoms with Gasteiger partial charge in [0.15, 0.2) is 0 Å². The second-order valence-electron chi connectivity index (χ2n) is 6.49. The molecular formula is C17H24N2O2. The molecule has 114 valence electrons. The first-order valence-electron chi connectivity index (χ1n) is 7.96. The van der Waals surface area contributed by atoms with Crippen molar-refractivity contribution in [2.75, 3.05) is 17.2 Å². The average molecular weight is 288 g/mol. The zero-order valence-electron chi connectivity index (χ0n) is 12.9. The molecule has 2 aliphatic rings. The maximum atomic E-state index is 12.8. The number of hydrogen-bond donors (Lipinski definition) is 2. The fourth-order valence-corrected chi connectivity index (χ4v) is 3.38. The largest absolute Gasteiger partial charge is 0.489 e. The van der Waals surface area contributed by atoms with Gasteiger partial charge in [0, 0.05) is 6.54 Å². The Morgan fingerprint density at radius 1 is 1.19 bits per heavy atom. The van der Waals surface area contributed by atoms with Crippen molar-refractivity contribution in [1.82, 2.24) is 0 Å².